The molecule has 18 heavy (non-hydrogen) atoms. The van der Waals surface area contributed by atoms with Crippen molar-refractivity contribution in [1.82, 2.24) is 5.32 Å². The van der Waals surface area contributed by atoms with Gasteiger partial charge in [-0.15, -0.1) is 11.3 Å². The van der Waals surface area contributed by atoms with Crippen LogP contribution in [0.4, 0.5) is 0 Å². The van der Waals surface area contributed by atoms with Gasteiger partial charge in [-0.05, 0) is 36.0 Å². The van der Waals surface area contributed by atoms with Crippen molar-refractivity contribution in [1.29, 1.82) is 0 Å². The van der Waals surface area contributed by atoms with E-state index in [0.717, 1.165) is 12.3 Å². The molecular weight excluding hydrogens is 242 g/mol. The lowest BCUT2D eigenvalue weighted by atomic mass is 9.99. The Morgan fingerprint density at radius 3 is 2.72 bits per heavy atom. The number of thiophene rings is 1. The first-order valence-corrected chi connectivity index (χ1v) is 7.06. The van der Waals surface area contributed by atoms with Gasteiger partial charge in [-0.2, -0.15) is 0 Å². The lowest BCUT2D eigenvalue weighted by Gasteiger charge is -2.20. The number of rotatable bonds is 5. The van der Waals surface area contributed by atoms with Crippen LogP contribution in [0.3, 0.4) is 0 Å². The average molecular weight is 261 g/mol. The normalized spacial score (nSPS) is 12.4. The number of aryl methyl sites for hydroxylation is 1. The molecule has 1 heterocycles. The molecule has 0 fully saturated rings. The zero-order valence-electron chi connectivity index (χ0n) is 11.1. The fraction of sp³-hybridized carbons (Fsp3) is 0.333. The van der Waals surface area contributed by atoms with Gasteiger partial charge in [0.25, 0.3) is 0 Å². The molecule has 2 aromatic rings. The monoisotopic (exact) mass is 261 g/mol. The molecule has 3 heteroatoms. The molecule has 2 nitrogen and oxygen atoms in total. The third-order valence-electron chi connectivity index (χ3n) is 3.05. The van der Waals surface area contributed by atoms with E-state index < -0.39 is 0 Å². The summed E-state index contributed by atoms with van der Waals surface area (Å²) >= 11 is 1.74. The third kappa shape index (κ3) is 2.57. The Bertz CT molecular complexity index is 507. The Morgan fingerprint density at radius 1 is 1.28 bits per heavy atom. The van der Waals surface area contributed by atoms with E-state index in [9.17, 15) is 0 Å². The standard InChI is InChI=1S/C15H19NOS/c1-4-16-14(12-8-6-5-7-11(12)2)15-13(17-3)9-10-18-15/h5-10,14,16H,4H2,1-3H3. The van der Waals surface area contributed by atoms with E-state index in [-0.39, 0.29) is 6.04 Å². The van der Waals surface area contributed by atoms with E-state index in [1.54, 1.807) is 18.4 Å². The van der Waals surface area contributed by atoms with Gasteiger partial charge in [-0.25, -0.2) is 0 Å². The molecule has 0 aliphatic rings. The fourth-order valence-corrected chi connectivity index (χ4v) is 3.10. The highest BCUT2D eigenvalue weighted by Crippen LogP contribution is 2.35. The molecule has 0 radical (unpaired) electrons. The van der Waals surface area contributed by atoms with E-state index in [1.807, 2.05) is 6.07 Å². The number of benzene rings is 1. The van der Waals surface area contributed by atoms with Crippen molar-refractivity contribution in [2.75, 3.05) is 13.7 Å². The van der Waals surface area contributed by atoms with Crippen molar-refractivity contribution in [3.05, 3.63) is 51.7 Å². The Labute approximate surface area is 113 Å². The van der Waals surface area contributed by atoms with Crippen molar-refractivity contribution >= 4 is 11.3 Å². The minimum Gasteiger partial charge on any atom is -0.496 e. The Morgan fingerprint density at radius 2 is 2.06 bits per heavy atom. The first kappa shape index (κ1) is 13.1. The zero-order valence-corrected chi connectivity index (χ0v) is 11.9. The van der Waals surface area contributed by atoms with Crippen LogP contribution in [0.25, 0.3) is 0 Å². The smallest absolute Gasteiger partial charge is 0.134 e. The first-order chi connectivity index (χ1) is 8.77. The van der Waals surface area contributed by atoms with E-state index in [0.29, 0.717) is 0 Å². The van der Waals surface area contributed by atoms with Crippen LogP contribution in [-0.2, 0) is 0 Å². The largest absolute Gasteiger partial charge is 0.496 e. The van der Waals surface area contributed by atoms with Gasteiger partial charge in [0.05, 0.1) is 18.0 Å². The van der Waals surface area contributed by atoms with E-state index in [1.165, 1.54) is 16.0 Å². The third-order valence-corrected chi connectivity index (χ3v) is 4.01. The van der Waals surface area contributed by atoms with Gasteiger partial charge in [0.2, 0.25) is 0 Å². The van der Waals surface area contributed by atoms with Gasteiger partial charge in [0.15, 0.2) is 0 Å². The molecule has 1 unspecified atom stereocenters. The molecule has 1 N–H and O–H groups in total. The maximum Gasteiger partial charge on any atom is 0.134 e. The number of hydrogen-bond donors (Lipinski definition) is 1. The molecular formula is C15H19NOS. The van der Waals surface area contributed by atoms with Crippen LogP contribution in [0.15, 0.2) is 35.7 Å². The van der Waals surface area contributed by atoms with Gasteiger partial charge in [0, 0.05) is 0 Å². The Kier molecular flexibility index (Phi) is 4.39. The minimum atomic E-state index is 0.214. The molecule has 0 aliphatic carbocycles. The SMILES string of the molecule is CCNC(c1ccccc1C)c1sccc1OC. The van der Waals surface area contributed by atoms with E-state index in [4.69, 9.17) is 4.74 Å². The lowest BCUT2D eigenvalue weighted by molar-refractivity contribution is 0.408. The average Bonchev–Trinajstić information content (AvgIpc) is 2.85. The molecule has 1 aromatic heterocycles. The summed E-state index contributed by atoms with van der Waals surface area (Å²) < 4.78 is 5.44. The van der Waals surface area contributed by atoms with E-state index >= 15 is 0 Å². The van der Waals surface area contributed by atoms with Gasteiger partial charge in [0.1, 0.15) is 5.75 Å². The zero-order chi connectivity index (χ0) is 13.0. The predicted molar refractivity (Wildman–Crippen MR) is 77.6 cm³/mol. The Balaban J connectivity index is 2.43. The first-order valence-electron chi connectivity index (χ1n) is 6.18. The van der Waals surface area contributed by atoms with Crippen molar-refractivity contribution in [2.24, 2.45) is 0 Å². The van der Waals surface area contributed by atoms with Crippen molar-refractivity contribution in [3.8, 4) is 5.75 Å². The molecule has 0 amide bonds. The molecule has 1 atom stereocenters. The highest BCUT2D eigenvalue weighted by Gasteiger charge is 2.19. The van der Waals surface area contributed by atoms with Crippen molar-refractivity contribution < 1.29 is 4.74 Å². The summed E-state index contributed by atoms with van der Waals surface area (Å²) in [5, 5.41) is 5.63. The molecule has 0 aliphatic heterocycles. The predicted octanol–water partition coefficient (Wildman–Crippen LogP) is 3.76. The molecule has 1 aromatic carbocycles. The number of hydrogen-bond acceptors (Lipinski definition) is 3. The second kappa shape index (κ2) is 6.03. The fourth-order valence-electron chi connectivity index (χ4n) is 2.15. The topological polar surface area (TPSA) is 21.3 Å². The summed E-state index contributed by atoms with van der Waals surface area (Å²) in [7, 11) is 1.73. The van der Waals surface area contributed by atoms with Gasteiger partial charge >= 0.3 is 0 Å². The summed E-state index contributed by atoms with van der Waals surface area (Å²) in [6.07, 6.45) is 0. The van der Waals surface area contributed by atoms with Crippen molar-refractivity contribution in [3.63, 3.8) is 0 Å². The Hall–Kier alpha value is -1.32. The van der Waals surface area contributed by atoms with Crippen LogP contribution < -0.4 is 10.1 Å². The van der Waals surface area contributed by atoms with Crippen LogP contribution in [0.5, 0.6) is 5.75 Å². The van der Waals surface area contributed by atoms with Crippen LogP contribution in [-0.4, -0.2) is 13.7 Å². The second-order valence-electron chi connectivity index (χ2n) is 4.20. The molecule has 0 bridgehead atoms. The maximum atomic E-state index is 5.44. The quantitative estimate of drug-likeness (QED) is 0.884. The number of nitrogens with one attached hydrogen (secondary N) is 1. The van der Waals surface area contributed by atoms with Crippen LogP contribution in [0, 0.1) is 6.92 Å². The number of methoxy groups -OCH3 is 1. The lowest BCUT2D eigenvalue weighted by Crippen LogP contribution is -2.22. The summed E-state index contributed by atoms with van der Waals surface area (Å²) in [5.74, 6) is 0.967. The second-order valence-corrected chi connectivity index (χ2v) is 5.15. The van der Waals surface area contributed by atoms with Crippen LogP contribution in [0.1, 0.15) is 29.0 Å². The molecule has 2 rings (SSSR count). The molecule has 96 valence electrons. The highest BCUT2D eigenvalue weighted by atomic mass is 32.1. The van der Waals surface area contributed by atoms with Gasteiger partial charge in [-0.3, -0.25) is 0 Å². The highest BCUT2D eigenvalue weighted by molar-refractivity contribution is 7.10. The van der Waals surface area contributed by atoms with Crippen LogP contribution in [0.2, 0.25) is 0 Å². The maximum absolute atomic E-state index is 5.44. The molecule has 0 spiro atoms. The summed E-state index contributed by atoms with van der Waals surface area (Å²) in [6, 6.07) is 10.7. The van der Waals surface area contributed by atoms with E-state index in [2.05, 4.69) is 48.8 Å². The molecule has 0 saturated heterocycles. The van der Waals surface area contributed by atoms with Crippen molar-refractivity contribution in [2.45, 2.75) is 19.9 Å². The summed E-state index contributed by atoms with van der Waals surface area (Å²) in [5.41, 5.74) is 2.62. The minimum absolute atomic E-state index is 0.214. The molecule has 0 saturated carbocycles. The number of ether oxygens (including phenoxy) is 1. The van der Waals surface area contributed by atoms with Crippen LogP contribution >= 0.6 is 11.3 Å². The summed E-state index contributed by atoms with van der Waals surface area (Å²) in [6.45, 7) is 5.21. The summed E-state index contributed by atoms with van der Waals surface area (Å²) in [4.78, 5) is 1.24. The van der Waals surface area contributed by atoms with Gasteiger partial charge < -0.3 is 10.1 Å². The van der Waals surface area contributed by atoms with Gasteiger partial charge in [-0.1, -0.05) is 31.2 Å².